The zero-order valence-corrected chi connectivity index (χ0v) is 18.1. The maximum Gasteiger partial charge on any atom is 0.233 e. The third kappa shape index (κ3) is 4.08. The van der Waals surface area contributed by atoms with E-state index in [0.717, 1.165) is 54.0 Å². The first-order chi connectivity index (χ1) is 14.2. The standard InChI is InChI=1S/C21H28N4O3S/c1-4-24-20(14-7-8-14)22-23-21(24)29-13-19(26)25-11-5-6-17(25)16-12-15(27-2)9-10-18(16)28-3/h9-10,12,14,17H,4-8,11,13H2,1-3H3. The average Bonchev–Trinajstić information content (AvgIpc) is 3.33. The quantitative estimate of drug-likeness (QED) is 0.612. The van der Waals surface area contributed by atoms with Gasteiger partial charge in [0.05, 0.1) is 26.0 Å². The highest BCUT2D eigenvalue weighted by molar-refractivity contribution is 7.99. The average molecular weight is 417 g/mol. The Morgan fingerprint density at radius 1 is 1.21 bits per heavy atom. The molecule has 1 amide bonds. The van der Waals surface area contributed by atoms with Crippen LogP contribution in [0.5, 0.6) is 11.5 Å². The molecule has 8 heteroatoms. The van der Waals surface area contributed by atoms with Crippen molar-refractivity contribution in [1.29, 1.82) is 0 Å². The van der Waals surface area contributed by atoms with Gasteiger partial charge in [-0.2, -0.15) is 0 Å². The second-order valence-electron chi connectivity index (χ2n) is 7.50. The summed E-state index contributed by atoms with van der Waals surface area (Å²) in [6, 6.07) is 5.79. The van der Waals surface area contributed by atoms with E-state index in [1.807, 2.05) is 23.1 Å². The van der Waals surface area contributed by atoms with Gasteiger partial charge in [-0.1, -0.05) is 11.8 Å². The number of aromatic nitrogens is 3. The third-order valence-electron chi connectivity index (χ3n) is 5.70. The molecule has 2 heterocycles. The van der Waals surface area contributed by atoms with Gasteiger partial charge in [0.1, 0.15) is 17.3 Å². The molecule has 1 aliphatic carbocycles. The Bertz CT molecular complexity index is 881. The number of nitrogens with zero attached hydrogens (tertiary/aromatic N) is 4. The molecule has 0 spiro atoms. The van der Waals surface area contributed by atoms with Crippen LogP contribution < -0.4 is 9.47 Å². The lowest BCUT2D eigenvalue weighted by molar-refractivity contribution is -0.129. The van der Waals surface area contributed by atoms with Crippen molar-refractivity contribution < 1.29 is 14.3 Å². The van der Waals surface area contributed by atoms with Crippen molar-refractivity contribution in [2.24, 2.45) is 0 Å². The normalized spacial score (nSPS) is 18.9. The maximum absolute atomic E-state index is 13.1. The van der Waals surface area contributed by atoms with E-state index >= 15 is 0 Å². The molecule has 1 aliphatic heterocycles. The molecule has 156 valence electrons. The van der Waals surface area contributed by atoms with Gasteiger partial charge >= 0.3 is 0 Å². The Kier molecular flexibility index (Phi) is 5.99. The van der Waals surface area contributed by atoms with E-state index in [0.29, 0.717) is 11.7 Å². The van der Waals surface area contributed by atoms with Crippen molar-refractivity contribution in [3.63, 3.8) is 0 Å². The zero-order chi connectivity index (χ0) is 20.4. The number of rotatable bonds is 8. The lowest BCUT2D eigenvalue weighted by atomic mass is 10.0. The van der Waals surface area contributed by atoms with E-state index < -0.39 is 0 Å². The molecule has 2 aliphatic rings. The first-order valence-electron chi connectivity index (χ1n) is 10.2. The van der Waals surface area contributed by atoms with Gasteiger partial charge in [-0.3, -0.25) is 4.79 Å². The van der Waals surface area contributed by atoms with Crippen LogP contribution in [0.15, 0.2) is 23.4 Å². The first-order valence-corrected chi connectivity index (χ1v) is 11.2. The van der Waals surface area contributed by atoms with Crippen molar-refractivity contribution in [2.45, 2.75) is 56.3 Å². The molecular weight excluding hydrogens is 388 g/mol. The number of benzene rings is 1. The van der Waals surface area contributed by atoms with Crippen molar-refractivity contribution in [1.82, 2.24) is 19.7 Å². The molecule has 4 rings (SSSR count). The van der Waals surface area contributed by atoms with Gasteiger partial charge in [-0.15, -0.1) is 10.2 Å². The number of thioether (sulfide) groups is 1. The number of carbonyl (C=O) groups excluding carboxylic acids is 1. The zero-order valence-electron chi connectivity index (χ0n) is 17.3. The molecule has 1 saturated carbocycles. The molecule has 2 aromatic rings. The summed E-state index contributed by atoms with van der Waals surface area (Å²) in [5.74, 6) is 3.69. The summed E-state index contributed by atoms with van der Waals surface area (Å²) in [4.78, 5) is 15.1. The monoisotopic (exact) mass is 416 g/mol. The highest BCUT2D eigenvalue weighted by Crippen LogP contribution is 2.41. The van der Waals surface area contributed by atoms with Crippen molar-refractivity contribution in [2.75, 3.05) is 26.5 Å². The minimum Gasteiger partial charge on any atom is -0.497 e. The second-order valence-corrected chi connectivity index (χ2v) is 8.44. The minimum absolute atomic E-state index is 0.0132. The number of hydrogen-bond donors (Lipinski definition) is 0. The molecule has 0 N–H and O–H groups in total. The smallest absolute Gasteiger partial charge is 0.233 e. The molecule has 1 saturated heterocycles. The van der Waals surface area contributed by atoms with Crippen LogP contribution in [0.1, 0.15) is 56.0 Å². The molecule has 1 atom stereocenters. The number of methoxy groups -OCH3 is 2. The van der Waals surface area contributed by atoms with Gasteiger partial charge in [0, 0.05) is 24.6 Å². The Hall–Kier alpha value is -2.22. The summed E-state index contributed by atoms with van der Waals surface area (Å²) in [6.45, 7) is 3.70. The van der Waals surface area contributed by atoms with Crippen molar-refractivity contribution >= 4 is 17.7 Å². The Morgan fingerprint density at radius 3 is 2.72 bits per heavy atom. The summed E-state index contributed by atoms with van der Waals surface area (Å²) in [5, 5.41) is 9.55. The Morgan fingerprint density at radius 2 is 2.03 bits per heavy atom. The van der Waals surface area contributed by atoms with E-state index in [9.17, 15) is 4.79 Å². The molecule has 1 aromatic heterocycles. The van der Waals surface area contributed by atoms with E-state index in [-0.39, 0.29) is 11.9 Å². The van der Waals surface area contributed by atoms with E-state index in [2.05, 4.69) is 21.7 Å². The Labute approximate surface area is 175 Å². The van der Waals surface area contributed by atoms with E-state index in [4.69, 9.17) is 9.47 Å². The second kappa shape index (κ2) is 8.65. The van der Waals surface area contributed by atoms with Crippen LogP contribution in [0.3, 0.4) is 0 Å². The van der Waals surface area contributed by atoms with Gasteiger partial charge in [0.2, 0.25) is 5.91 Å². The number of amides is 1. The molecular formula is C21H28N4O3S. The largest absolute Gasteiger partial charge is 0.497 e. The number of likely N-dealkylation sites (tertiary alicyclic amines) is 1. The fraction of sp³-hybridized carbons (Fsp3) is 0.571. The van der Waals surface area contributed by atoms with Crippen LogP contribution in [0.25, 0.3) is 0 Å². The van der Waals surface area contributed by atoms with Crippen LogP contribution in [0.4, 0.5) is 0 Å². The SMILES string of the molecule is CCn1c(SCC(=O)N2CCCC2c2cc(OC)ccc2OC)nnc1C1CC1. The van der Waals surface area contributed by atoms with Crippen LogP contribution >= 0.6 is 11.8 Å². The minimum atomic E-state index is 0.0132. The van der Waals surface area contributed by atoms with Gasteiger partial charge in [0.25, 0.3) is 0 Å². The molecule has 7 nitrogen and oxygen atoms in total. The molecule has 0 bridgehead atoms. The third-order valence-corrected chi connectivity index (χ3v) is 6.65. The highest BCUT2D eigenvalue weighted by Gasteiger charge is 2.33. The van der Waals surface area contributed by atoms with Crippen LogP contribution in [-0.2, 0) is 11.3 Å². The molecule has 1 aromatic carbocycles. The van der Waals surface area contributed by atoms with Gasteiger partial charge in [-0.25, -0.2) is 0 Å². The number of carbonyl (C=O) groups is 1. The predicted molar refractivity (Wildman–Crippen MR) is 112 cm³/mol. The van der Waals surface area contributed by atoms with E-state index in [1.54, 1.807) is 14.2 Å². The topological polar surface area (TPSA) is 69.5 Å². The summed E-state index contributed by atoms with van der Waals surface area (Å²) < 4.78 is 13.1. The lowest BCUT2D eigenvalue weighted by Crippen LogP contribution is -2.32. The highest BCUT2D eigenvalue weighted by atomic mass is 32.2. The molecule has 1 unspecified atom stereocenters. The predicted octanol–water partition coefficient (Wildman–Crippen LogP) is 3.65. The van der Waals surface area contributed by atoms with Crippen LogP contribution in [0.2, 0.25) is 0 Å². The van der Waals surface area contributed by atoms with Crippen LogP contribution in [0, 0.1) is 0 Å². The summed E-state index contributed by atoms with van der Waals surface area (Å²) >= 11 is 1.49. The summed E-state index contributed by atoms with van der Waals surface area (Å²) in [7, 11) is 3.32. The maximum atomic E-state index is 13.1. The van der Waals surface area contributed by atoms with Gasteiger partial charge < -0.3 is 18.9 Å². The molecule has 2 fully saturated rings. The summed E-state index contributed by atoms with van der Waals surface area (Å²) in [5.41, 5.74) is 1.01. The molecule has 29 heavy (non-hydrogen) atoms. The van der Waals surface area contributed by atoms with Crippen molar-refractivity contribution in [3.8, 4) is 11.5 Å². The van der Waals surface area contributed by atoms with Crippen LogP contribution in [-0.4, -0.2) is 52.1 Å². The van der Waals surface area contributed by atoms with Crippen molar-refractivity contribution in [3.05, 3.63) is 29.6 Å². The first kappa shape index (κ1) is 20.1. The number of ether oxygens (including phenoxy) is 2. The lowest BCUT2D eigenvalue weighted by Gasteiger charge is -2.26. The fourth-order valence-corrected chi connectivity index (χ4v) is 4.94. The number of hydrogen-bond acceptors (Lipinski definition) is 6. The molecule has 0 radical (unpaired) electrons. The van der Waals surface area contributed by atoms with Gasteiger partial charge in [0.15, 0.2) is 5.16 Å². The fourth-order valence-electron chi connectivity index (χ4n) is 4.05. The Balaban J connectivity index is 1.47. The van der Waals surface area contributed by atoms with E-state index in [1.165, 1.54) is 24.6 Å². The van der Waals surface area contributed by atoms with Gasteiger partial charge in [-0.05, 0) is 50.8 Å². The summed E-state index contributed by atoms with van der Waals surface area (Å²) in [6.07, 6.45) is 4.30.